The molecular weight excluding hydrogens is 306 g/mol. The van der Waals surface area contributed by atoms with Gasteiger partial charge in [-0.2, -0.15) is 4.31 Å². The fourth-order valence-electron chi connectivity index (χ4n) is 2.68. The Balaban J connectivity index is 1.99. The zero-order valence-corrected chi connectivity index (χ0v) is 13.4. The summed E-state index contributed by atoms with van der Waals surface area (Å²) in [4.78, 5) is 1.58. The predicted molar refractivity (Wildman–Crippen MR) is 82.7 cm³/mol. The van der Waals surface area contributed by atoms with Crippen LogP contribution >= 0.6 is 11.3 Å². The van der Waals surface area contributed by atoms with E-state index >= 15 is 0 Å². The maximum Gasteiger partial charge on any atom is 0.243 e. The number of hydrogen-bond acceptors (Lipinski definition) is 4. The summed E-state index contributed by atoms with van der Waals surface area (Å²) in [5.41, 5.74) is 2.39. The molecule has 0 atom stereocenters. The van der Waals surface area contributed by atoms with Crippen molar-refractivity contribution in [3.05, 3.63) is 51.2 Å². The van der Waals surface area contributed by atoms with E-state index in [-0.39, 0.29) is 6.61 Å². The van der Waals surface area contributed by atoms with Crippen LogP contribution in [0.1, 0.15) is 21.6 Å². The lowest BCUT2D eigenvalue weighted by Crippen LogP contribution is -2.35. The molecule has 1 aliphatic rings. The molecule has 0 fully saturated rings. The third-order valence-corrected chi connectivity index (χ3v) is 6.97. The summed E-state index contributed by atoms with van der Waals surface area (Å²) in [6, 6.07) is 7.05. The van der Waals surface area contributed by atoms with Crippen molar-refractivity contribution in [2.75, 3.05) is 6.54 Å². The Hall–Kier alpha value is -1.21. The van der Waals surface area contributed by atoms with Crippen molar-refractivity contribution < 1.29 is 13.5 Å². The van der Waals surface area contributed by atoms with E-state index < -0.39 is 10.0 Å². The number of sulfonamides is 1. The summed E-state index contributed by atoms with van der Waals surface area (Å²) >= 11 is 1.69. The van der Waals surface area contributed by atoms with Crippen LogP contribution < -0.4 is 0 Å². The monoisotopic (exact) mass is 323 g/mol. The Morgan fingerprint density at radius 3 is 2.90 bits per heavy atom. The van der Waals surface area contributed by atoms with Gasteiger partial charge in [0.2, 0.25) is 10.0 Å². The van der Waals surface area contributed by atoms with Gasteiger partial charge in [-0.15, -0.1) is 11.3 Å². The maximum absolute atomic E-state index is 12.9. The summed E-state index contributed by atoms with van der Waals surface area (Å²) in [5, 5.41) is 11.3. The second kappa shape index (κ2) is 5.53. The van der Waals surface area contributed by atoms with Gasteiger partial charge in [0.1, 0.15) is 0 Å². The molecule has 0 spiro atoms. The molecule has 0 radical (unpaired) electrons. The number of fused-ring (bicyclic) bond motifs is 1. The molecule has 6 heteroatoms. The van der Waals surface area contributed by atoms with E-state index in [1.807, 2.05) is 11.4 Å². The van der Waals surface area contributed by atoms with Crippen molar-refractivity contribution in [2.45, 2.75) is 31.4 Å². The van der Waals surface area contributed by atoms with Crippen LogP contribution in [0.15, 0.2) is 34.5 Å². The number of rotatable bonds is 3. The molecule has 1 aliphatic heterocycles. The van der Waals surface area contributed by atoms with E-state index in [0.29, 0.717) is 29.1 Å². The normalized spacial score (nSPS) is 15.9. The Morgan fingerprint density at radius 2 is 2.14 bits per heavy atom. The Labute approximate surface area is 128 Å². The van der Waals surface area contributed by atoms with Gasteiger partial charge in [-0.3, -0.25) is 0 Å². The average Bonchev–Trinajstić information content (AvgIpc) is 2.94. The molecule has 21 heavy (non-hydrogen) atoms. The molecule has 0 unspecified atom stereocenters. The van der Waals surface area contributed by atoms with Crippen molar-refractivity contribution in [1.82, 2.24) is 4.31 Å². The summed E-state index contributed by atoms with van der Waals surface area (Å²) in [7, 11) is -3.52. The lowest BCUT2D eigenvalue weighted by Gasteiger charge is -2.27. The van der Waals surface area contributed by atoms with Gasteiger partial charge in [0.25, 0.3) is 0 Å². The van der Waals surface area contributed by atoms with Gasteiger partial charge in [-0.1, -0.05) is 12.1 Å². The van der Waals surface area contributed by atoms with E-state index in [2.05, 4.69) is 0 Å². The molecule has 1 aromatic heterocycles. The van der Waals surface area contributed by atoms with E-state index in [0.717, 1.165) is 12.0 Å². The van der Waals surface area contributed by atoms with Gasteiger partial charge in [-0.25, -0.2) is 8.42 Å². The van der Waals surface area contributed by atoms with Gasteiger partial charge in [-0.05, 0) is 47.5 Å². The minimum absolute atomic E-state index is 0.149. The molecular formula is C15H17NO3S2. The van der Waals surface area contributed by atoms with Crippen LogP contribution in [-0.2, 0) is 29.6 Å². The molecule has 2 heterocycles. The SMILES string of the molecule is Cc1c(CO)cccc1S(=O)(=O)N1CCc2sccc2C1. The molecule has 1 N–H and O–H groups in total. The number of benzene rings is 1. The van der Waals surface area contributed by atoms with Gasteiger partial charge >= 0.3 is 0 Å². The minimum Gasteiger partial charge on any atom is -0.392 e. The van der Waals surface area contributed by atoms with Crippen LogP contribution in [0.5, 0.6) is 0 Å². The topological polar surface area (TPSA) is 57.6 Å². The summed E-state index contributed by atoms with van der Waals surface area (Å²) < 4.78 is 27.2. The molecule has 0 amide bonds. The van der Waals surface area contributed by atoms with E-state index in [1.165, 1.54) is 9.18 Å². The van der Waals surface area contributed by atoms with Crippen LogP contribution in [-0.4, -0.2) is 24.4 Å². The predicted octanol–water partition coefficient (Wildman–Crippen LogP) is 2.30. The van der Waals surface area contributed by atoms with Crippen LogP contribution in [0.3, 0.4) is 0 Å². The summed E-state index contributed by atoms with van der Waals surface area (Å²) in [5.74, 6) is 0. The van der Waals surface area contributed by atoms with Crippen molar-refractivity contribution in [2.24, 2.45) is 0 Å². The fraction of sp³-hybridized carbons (Fsp3) is 0.333. The highest BCUT2D eigenvalue weighted by atomic mass is 32.2. The first-order valence-electron chi connectivity index (χ1n) is 6.79. The van der Waals surface area contributed by atoms with Crippen molar-refractivity contribution in [3.8, 4) is 0 Å². The fourth-order valence-corrected chi connectivity index (χ4v) is 5.25. The first kappa shape index (κ1) is 14.7. The zero-order chi connectivity index (χ0) is 15.0. The molecule has 0 saturated heterocycles. The molecule has 4 nitrogen and oxygen atoms in total. The average molecular weight is 323 g/mol. The highest BCUT2D eigenvalue weighted by molar-refractivity contribution is 7.89. The lowest BCUT2D eigenvalue weighted by molar-refractivity contribution is 0.280. The molecule has 3 rings (SSSR count). The minimum atomic E-state index is -3.52. The van der Waals surface area contributed by atoms with Crippen molar-refractivity contribution >= 4 is 21.4 Å². The van der Waals surface area contributed by atoms with Gasteiger partial charge in [0.05, 0.1) is 11.5 Å². The number of thiophene rings is 1. The first-order valence-corrected chi connectivity index (χ1v) is 9.10. The van der Waals surface area contributed by atoms with Crippen LogP contribution in [0, 0.1) is 6.92 Å². The molecule has 0 bridgehead atoms. The quantitative estimate of drug-likeness (QED) is 0.943. The number of hydrogen-bond donors (Lipinski definition) is 1. The van der Waals surface area contributed by atoms with Crippen LogP contribution in [0.25, 0.3) is 0 Å². The molecule has 2 aromatic rings. The molecule has 1 aromatic carbocycles. The highest BCUT2D eigenvalue weighted by Crippen LogP contribution is 2.29. The maximum atomic E-state index is 12.9. The Bertz CT molecular complexity index is 765. The largest absolute Gasteiger partial charge is 0.392 e. The van der Waals surface area contributed by atoms with E-state index in [1.54, 1.807) is 36.5 Å². The van der Waals surface area contributed by atoms with Crippen LogP contribution in [0.4, 0.5) is 0 Å². The van der Waals surface area contributed by atoms with Gasteiger partial charge < -0.3 is 5.11 Å². The van der Waals surface area contributed by atoms with Gasteiger partial charge in [0, 0.05) is 18.0 Å². The van der Waals surface area contributed by atoms with Crippen molar-refractivity contribution in [1.29, 1.82) is 0 Å². The smallest absolute Gasteiger partial charge is 0.243 e. The third-order valence-electron chi connectivity index (χ3n) is 3.96. The molecule has 0 saturated carbocycles. The zero-order valence-electron chi connectivity index (χ0n) is 11.7. The summed E-state index contributed by atoms with van der Waals surface area (Å²) in [6.45, 7) is 2.55. The Morgan fingerprint density at radius 1 is 1.33 bits per heavy atom. The lowest BCUT2D eigenvalue weighted by atomic mass is 10.1. The first-order chi connectivity index (χ1) is 10.0. The molecule has 0 aliphatic carbocycles. The summed E-state index contributed by atoms with van der Waals surface area (Å²) in [6.07, 6.45) is 0.769. The van der Waals surface area contributed by atoms with E-state index in [4.69, 9.17) is 0 Å². The number of nitrogens with zero attached hydrogens (tertiary/aromatic N) is 1. The van der Waals surface area contributed by atoms with Gasteiger partial charge in [0.15, 0.2) is 0 Å². The van der Waals surface area contributed by atoms with E-state index in [9.17, 15) is 13.5 Å². The second-order valence-corrected chi connectivity index (χ2v) is 8.06. The Kier molecular flexibility index (Phi) is 3.88. The standard InChI is InChI=1S/C15H17NO3S2/c1-11-13(10-17)3-2-4-15(11)21(18,19)16-7-5-14-12(9-16)6-8-20-14/h2-4,6,8,17H,5,7,9-10H2,1H3. The highest BCUT2D eigenvalue weighted by Gasteiger charge is 2.30. The number of aliphatic hydroxyl groups excluding tert-OH is 1. The number of aliphatic hydroxyl groups is 1. The third kappa shape index (κ3) is 2.53. The second-order valence-electron chi connectivity index (χ2n) is 5.16. The van der Waals surface area contributed by atoms with Crippen LogP contribution in [0.2, 0.25) is 0 Å². The molecule has 112 valence electrons. The van der Waals surface area contributed by atoms with Crippen molar-refractivity contribution in [3.63, 3.8) is 0 Å².